The summed E-state index contributed by atoms with van der Waals surface area (Å²) in [5, 5.41) is 4.06. The summed E-state index contributed by atoms with van der Waals surface area (Å²) in [6.45, 7) is 2.70. The minimum absolute atomic E-state index is 0.0771. The number of benzene rings is 2. The van der Waals surface area contributed by atoms with E-state index in [1.165, 1.54) is 44.2 Å². The maximum Gasteiger partial charge on any atom is 0.573 e. The molecule has 3 N–H and O–H groups in total. The lowest BCUT2D eigenvalue weighted by Crippen LogP contribution is -2.27. The lowest BCUT2D eigenvalue weighted by atomic mass is 9.83. The van der Waals surface area contributed by atoms with E-state index in [9.17, 15) is 18.0 Å². The van der Waals surface area contributed by atoms with E-state index in [0.717, 1.165) is 54.5 Å². The Balaban J connectivity index is 1.67. The van der Waals surface area contributed by atoms with Gasteiger partial charge in [-0.2, -0.15) is 0 Å². The van der Waals surface area contributed by atoms with Gasteiger partial charge in [0.2, 0.25) is 5.91 Å². The molecule has 0 spiro atoms. The third kappa shape index (κ3) is 6.26. The minimum Gasteiger partial charge on any atom is -0.405 e. The smallest absolute Gasteiger partial charge is 0.405 e. The third-order valence-corrected chi connectivity index (χ3v) is 8.44. The van der Waals surface area contributed by atoms with Crippen LogP contribution in [0.1, 0.15) is 82.7 Å². The van der Waals surface area contributed by atoms with E-state index in [-0.39, 0.29) is 23.6 Å². The average Bonchev–Trinajstić information content (AvgIpc) is 3.21. The minimum atomic E-state index is -4.79. The van der Waals surface area contributed by atoms with Gasteiger partial charge in [-0.05, 0) is 68.2 Å². The van der Waals surface area contributed by atoms with E-state index in [2.05, 4.69) is 14.6 Å². The fourth-order valence-corrected chi connectivity index (χ4v) is 6.46. The lowest BCUT2D eigenvalue weighted by molar-refractivity contribution is -0.274. The Labute approximate surface area is 227 Å². The maximum absolute atomic E-state index is 13.2. The quantitative estimate of drug-likeness (QED) is 0.317. The van der Waals surface area contributed by atoms with Crippen LogP contribution in [0.25, 0.3) is 22.0 Å². The molecule has 0 saturated heterocycles. The van der Waals surface area contributed by atoms with Crippen molar-refractivity contribution in [2.24, 2.45) is 11.7 Å². The van der Waals surface area contributed by atoms with Gasteiger partial charge in [0.1, 0.15) is 5.75 Å². The summed E-state index contributed by atoms with van der Waals surface area (Å²) in [7, 11) is 0. The number of ether oxygens (including phenoxy) is 1. The van der Waals surface area contributed by atoms with Crippen LogP contribution >= 0.6 is 0 Å². The molecular weight excluding hydrogens is 503 g/mol. The van der Waals surface area contributed by atoms with Crippen molar-refractivity contribution in [2.75, 3.05) is 5.32 Å². The number of rotatable bonds is 7. The summed E-state index contributed by atoms with van der Waals surface area (Å²) in [6.07, 6.45) is 5.43. The van der Waals surface area contributed by atoms with Crippen LogP contribution in [0.2, 0.25) is 0 Å². The van der Waals surface area contributed by atoms with Gasteiger partial charge in [0.25, 0.3) is 0 Å². The first kappa shape index (κ1) is 27.6. The standard InChI is InChI=1S/C31H38F3N3O2/c1-2-28(38)36-29-25-18-22(24-10-6-7-11-27(24)39-31(32,33)34)14-17-26(25)37(19-20-8-4-3-5-9-20)30(29)21-12-15-23(35)16-13-21/h6-7,10-11,14,17-18,20-21,23H,2-5,8-9,12-13,15-16,19,35H2,1H3,(H,36,38). The molecule has 1 amide bonds. The van der Waals surface area contributed by atoms with Crippen LogP contribution in [-0.2, 0) is 11.3 Å². The molecule has 8 heteroatoms. The van der Waals surface area contributed by atoms with Gasteiger partial charge in [-0.15, -0.1) is 13.2 Å². The molecule has 0 bridgehead atoms. The molecule has 5 nitrogen and oxygen atoms in total. The van der Waals surface area contributed by atoms with E-state index in [1.54, 1.807) is 12.1 Å². The number of amides is 1. The molecule has 1 aromatic heterocycles. The number of para-hydroxylation sites is 1. The van der Waals surface area contributed by atoms with E-state index in [1.807, 2.05) is 25.1 Å². The van der Waals surface area contributed by atoms with Crippen LogP contribution in [0.4, 0.5) is 18.9 Å². The molecule has 0 atom stereocenters. The number of aromatic nitrogens is 1. The van der Waals surface area contributed by atoms with E-state index in [4.69, 9.17) is 5.73 Å². The molecule has 1 heterocycles. The Kier molecular flexibility index (Phi) is 8.21. The predicted molar refractivity (Wildman–Crippen MR) is 149 cm³/mol. The average molecular weight is 542 g/mol. The number of carbonyl (C=O) groups excluding carboxylic acids is 1. The fourth-order valence-electron chi connectivity index (χ4n) is 6.46. The second-order valence-corrected chi connectivity index (χ2v) is 11.2. The number of hydrogen-bond donors (Lipinski definition) is 2. The van der Waals surface area contributed by atoms with Gasteiger partial charge >= 0.3 is 6.36 Å². The van der Waals surface area contributed by atoms with Crippen LogP contribution in [0.15, 0.2) is 42.5 Å². The Morgan fingerprint density at radius 3 is 2.44 bits per heavy atom. The highest BCUT2D eigenvalue weighted by atomic mass is 19.4. The number of fused-ring (bicyclic) bond motifs is 1. The first-order valence-corrected chi connectivity index (χ1v) is 14.3. The first-order valence-electron chi connectivity index (χ1n) is 14.3. The molecule has 39 heavy (non-hydrogen) atoms. The zero-order valence-corrected chi connectivity index (χ0v) is 22.5. The summed E-state index contributed by atoms with van der Waals surface area (Å²) in [6, 6.07) is 12.2. The van der Waals surface area contributed by atoms with Crippen molar-refractivity contribution in [1.82, 2.24) is 4.57 Å². The molecule has 2 aliphatic carbocycles. The number of alkyl halides is 3. The summed E-state index contributed by atoms with van der Waals surface area (Å²) in [4.78, 5) is 12.8. The molecule has 0 radical (unpaired) electrons. The highest BCUT2D eigenvalue weighted by Crippen LogP contribution is 2.45. The number of nitrogens with two attached hydrogens (primary N) is 1. The van der Waals surface area contributed by atoms with Crippen molar-refractivity contribution in [2.45, 2.75) is 96.0 Å². The molecular formula is C31H38F3N3O2. The molecule has 2 fully saturated rings. The van der Waals surface area contributed by atoms with Crippen molar-refractivity contribution in [3.63, 3.8) is 0 Å². The van der Waals surface area contributed by atoms with Crippen molar-refractivity contribution in [1.29, 1.82) is 0 Å². The topological polar surface area (TPSA) is 69.3 Å². The number of anilines is 1. The molecule has 2 aliphatic rings. The normalized spacial score (nSPS) is 20.7. The zero-order valence-electron chi connectivity index (χ0n) is 22.5. The van der Waals surface area contributed by atoms with Gasteiger partial charge in [-0.1, -0.05) is 50.5 Å². The van der Waals surface area contributed by atoms with Gasteiger partial charge in [0, 0.05) is 41.6 Å². The fraction of sp³-hybridized carbons (Fsp3) is 0.516. The van der Waals surface area contributed by atoms with Crippen LogP contribution < -0.4 is 15.8 Å². The van der Waals surface area contributed by atoms with E-state index < -0.39 is 6.36 Å². The predicted octanol–water partition coefficient (Wildman–Crippen LogP) is 8.12. The molecule has 5 rings (SSSR count). The largest absolute Gasteiger partial charge is 0.573 e. The summed E-state index contributed by atoms with van der Waals surface area (Å²) < 4.78 is 46.3. The maximum atomic E-state index is 13.2. The Hall–Kier alpha value is -3.00. The Morgan fingerprint density at radius 2 is 1.74 bits per heavy atom. The molecule has 210 valence electrons. The lowest BCUT2D eigenvalue weighted by Gasteiger charge is -2.30. The second-order valence-electron chi connectivity index (χ2n) is 11.2. The van der Waals surface area contributed by atoms with Crippen molar-refractivity contribution in [3.8, 4) is 16.9 Å². The highest BCUT2D eigenvalue weighted by Gasteiger charge is 2.33. The molecule has 0 aliphatic heterocycles. The van der Waals surface area contributed by atoms with Crippen molar-refractivity contribution >= 4 is 22.5 Å². The van der Waals surface area contributed by atoms with Crippen LogP contribution in [0.3, 0.4) is 0 Å². The summed E-state index contributed by atoms with van der Waals surface area (Å²) in [5.41, 5.74) is 10.2. The monoisotopic (exact) mass is 541 g/mol. The molecule has 3 aromatic rings. The molecule has 2 aromatic carbocycles. The number of nitrogens with one attached hydrogen (secondary N) is 1. The first-order chi connectivity index (χ1) is 18.7. The van der Waals surface area contributed by atoms with Gasteiger partial charge in [-0.25, -0.2) is 0 Å². The number of hydrogen-bond acceptors (Lipinski definition) is 3. The van der Waals surface area contributed by atoms with Crippen molar-refractivity contribution in [3.05, 3.63) is 48.2 Å². The van der Waals surface area contributed by atoms with Gasteiger partial charge in [0.05, 0.1) is 11.2 Å². The van der Waals surface area contributed by atoms with Crippen LogP contribution in [0.5, 0.6) is 5.75 Å². The van der Waals surface area contributed by atoms with E-state index >= 15 is 0 Å². The van der Waals surface area contributed by atoms with Gasteiger partial charge < -0.3 is 20.4 Å². The van der Waals surface area contributed by atoms with Crippen LogP contribution in [0, 0.1) is 5.92 Å². The SMILES string of the molecule is CCC(=O)Nc1c(C2CCC(N)CC2)n(CC2CCCCC2)c2ccc(-c3ccccc3OC(F)(F)F)cc12. The molecule has 2 saturated carbocycles. The summed E-state index contributed by atoms with van der Waals surface area (Å²) >= 11 is 0. The number of halogens is 3. The number of nitrogens with zero attached hydrogens (tertiary/aromatic N) is 1. The van der Waals surface area contributed by atoms with E-state index in [0.29, 0.717) is 23.5 Å². The Bertz CT molecular complexity index is 1300. The van der Waals surface area contributed by atoms with Gasteiger partial charge in [-0.3, -0.25) is 4.79 Å². The summed E-state index contributed by atoms with van der Waals surface area (Å²) in [5.74, 6) is 0.504. The highest BCUT2D eigenvalue weighted by molar-refractivity contribution is 6.05. The Morgan fingerprint density at radius 1 is 1.03 bits per heavy atom. The second kappa shape index (κ2) is 11.6. The van der Waals surface area contributed by atoms with Crippen molar-refractivity contribution < 1.29 is 22.7 Å². The van der Waals surface area contributed by atoms with Crippen LogP contribution in [-0.4, -0.2) is 22.9 Å². The third-order valence-electron chi connectivity index (χ3n) is 8.44. The number of carbonyl (C=O) groups is 1. The molecule has 0 unspecified atom stereocenters. The zero-order chi connectivity index (χ0) is 27.6. The van der Waals surface area contributed by atoms with Gasteiger partial charge in [0.15, 0.2) is 0 Å².